The fourth-order valence-electron chi connectivity index (χ4n) is 3.69. The lowest BCUT2D eigenvalue weighted by Gasteiger charge is -2.36. The Morgan fingerprint density at radius 3 is 2.22 bits per heavy atom. The number of anilines is 1. The van der Waals surface area contributed by atoms with Gasteiger partial charge in [-0.1, -0.05) is 44.4 Å². The number of rotatable bonds is 7. The van der Waals surface area contributed by atoms with Crippen LogP contribution in [0.5, 0.6) is 0 Å². The summed E-state index contributed by atoms with van der Waals surface area (Å²) in [5.41, 5.74) is 0.697. The third kappa shape index (κ3) is 6.98. The normalized spacial score (nSPS) is 15.6. The third-order valence-corrected chi connectivity index (χ3v) is 4.93. The van der Waals surface area contributed by atoms with Gasteiger partial charge in [-0.15, -0.1) is 0 Å². The number of benzene rings is 1. The predicted octanol–water partition coefficient (Wildman–Crippen LogP) is 3.59. The zero-order valence-electron chi connectivity index (χ0n) is 17.3. The van der Waals surface area contributed by atoms with E-state index in [1.807, 2.05) is 67.8 Å². The summed E-state index contributed by atoms with van der Waals surface area (Å²) >= 11 is 0. The molecule has 0 aromatic heterocycles. The molecule has 5 heteroatoms. The molecule has 0 unspecified atom stereocenters. The van der Waals surface area contributed by atoms with E-state index in [-0.39, 0.29) is 36.5 Å². The summed E-state index contributed by atoms with van der Waals surface area (Å²) in [6.07, 6.45) is 5.70. The summed E-state index contributed by atoms with van der Waals surface area (Å²) in [5, 5.41) is 2.98. The number of hydrogen-bond donors (Lipinski definition) is 1. The van der Waals surface area contributed by atoms with Gasteiger partial charge in [-0.3, -0.25) is 14.5 Å². The molecule has 0 spiro atoms. The molecule has 1 aliphatic carbocycles. The molecular weight excluding hydrogens is 338 g/mol. The Morgan fingerprint density at radius 1 is 1.04 bits per heavy atom. The second-order valence-electron chi connectivity index (χ2n) is 8.49. The van der Waals surface area contributed by atoms with Crippen molar-refractivity contribution in [1.82, 2.24) is 10.2 Å². The Hall–Kier alpha value is -1.88. The van der Waals surface area contributed by atoms with Gasteiger partial charge in [-0.2, -0.15) is 0 Å². The Morgan fingerprint density at radius 2 is 1.67 bits per heavy atom. The first-order valence-corrected chi connectivity index (χ1v) is 10.2. The van der Waals surface area contributed by atoms with E-state index < -0.39 is 0 Å². The van der Waals surface area contributed by atoms with Gasteiger partial charge in [-0.25, -0.2) is 0 Å². The number of amides is 2. The van der Waals surface area contributed by atoms with E-state index in [0.29, 0.717) is 6.54 Å². The lowest BCUT2D eigenvalue weighted by Crippen LogP contribution is -2.50. The first kappa shape index (κ1) is 21.4. The molecule has 0 bridgehead atoms. The largest absolute Gasteiger partial charge is 0.350 e. The van der Waals surface area contributed by atoms with Crippen LogP contribution in [0.1, 0.15) is 59.8 Å². The van der Waals surface area contributed by atoms with Gasteiger partial charge in [0.2, 0.25) is 11.8 Å². The molecule has 1 aliphatic rings. The molecule has 0 aliphatic heterocycles. The van der Waals surface area contributed by atoms with Crippen LogP contribution in [0.25, 0.3) is 0 Å². The Balaban J connectivity index is 2.08. The van der Waals surface area contributed by atoms with Crippen LogP contribution in [0.15, 0.2) is 30.3 Å². The summed E-state index contributed by atoms with van der Waals surface area (Å²) in [6.45, 7) is 9.06. The summed E-state index contributed by atoms with van der Waals surface area (Å²) in [5.74, 6) is 0.0413. The SMILES string of the molecule is CCN(CC(=O)NC(C)(C)C)CC(=O)N(c1ccccc1)C1CCCCC1. The first-order chi connectivity index (χ1) is 12.8. The van der Waals surface area contributed by atoms with Gasteiger partial charge in [0.15, 0.2) is 0 Å². The van der Waals surface area contributed by atoms with Gasteiger partial charge in [0, 0.05) is 17.3 Å². The quantitative estimate of drug-likeness (QED) is 0.795. The van der Waals surface area contributed by atoms with E-state index in [2.05, 4.69) is 5.32 Å². The molecule has 1 aromatic carbocycles. The smallest absolute Gasteiger partial charge is 0.241 e. The van der Waals surface area contributed by atoms with Crippen molar-refractivity contribution in [3.05, 3.63) is 30.3 Å². The minimum atomic E-state index is -0.265. The zero-order chi connectivity index (χ0) is 19.9. The number of nitrogens with zero attached hydrogens (tertiary/aromatic N) is 2. The summed E-state index contributed by atoms with van der Waals surface area (Å²) < 4.78 is 0. The molecule has 0 heterocycles. The van der Waals surface area contributed by atoms with Crippen molar-refractivity contribution in [2.24, 2.45) is 0 Å². The van der Waals surface area contributed by atoms with E-state index in [1.54, 1.807) is 0 Å². The predicted molar refractivity (Wildman–Crippen MR) is 111 cm³/mol. The first-order valence-electron chi connectivity index (χ1n) is 10.2. The number of likely N-dealkylation sites (N-methyl/N-ethyl adjacent to an activating group) is 1. The van der Waals surface area contributed by atoms with Crippen molar-refractivity contribution in [1.29, 1.82) is 0 Å². The lowest BCUT2D eigenvalue weighted by atomic mass is 9.93. The van der Waals surface area contributed by atoms with Crippen molar-refractivity contribution in [3.8, 4) is 0 Å². The monoisotopic (exact) mass is 373 g/mol. The van der Waals surface area contributed by atoms with Gasteiger partial charge >= 0.3 is 0 Å². The standard InChI is InChI=1S/C22H35N3O2/c1-5-24(16-20(26)23-22(2,3)4)17-21(27)25(18-12-8-6-9-13-18)19-14-10-7-11-15-19/h6,8-9,12-13,19H,5,7,10-11,14-17H2,1-4H3,(H,23,26). The van der Waals surface area contributed by atoms with Crippen molar-refractivity contribution < 1.29 is 9.59 Å². The van der Waals surface area contributed by atoms with Gasteiger partial charge in [0.05, 0.1) is 13.1 Å². The van der Waals surface area contributed by atoms with Crippen LogP contribution < -0.4 is 10.2 Å². The fraction of sp³-hybridized carbons (Fsp3) is 0.636. The average Bonchev–Trinajstić information content (AvgIpc) is 2.61. The highest BCUT2D eigenvalue weighted by molar-refractivity contribution is 5.95. The molecular formula is C22H35N3O2. The molecule has 2 rings (SSSR count). The lowest BCUT2D eigenvalue weighted by molar-refractivity contribution is -0.125. The molecule has 0 atom stereocenters. The fourth-order valence-corrected chi connectivity index (χ4v) is 3.69. The Kier molecular flexibility index (Phi) is 7.84. The average molecular weight is 374 g/mol. The van der Waals surface area contributed by atoms with Crippen LogP contribution in [0.3, 0.4) is 0 Å². The van der Waals surface area contributed by atoms with E-state index in [9.17, 15) is 9.59 Å². The van der Waals surface area contributed by atoms with Gasteiger partial charge < -0.3 is 10.2 Å². The molecule has 27 heavy (non-hydrogen) atoms. The molecule has 0 saturated heterocycles. The summed E-state index contributed by atoms with van der Waals surface area (Å²) in [7, 11) is 0. The van der Waals surface area contributed by atoms with Crippen molar-refractivity contribution in [2.45, 2.75) is 71.4 Å². The van der Waals surface area contributed by atoms with Crippen molar-refractivity contribution in [2.75, 3.05) is 24.5 Å². The topological polar surface area (TPSA) is 52.7 Å². The number of carbonyl (C=O) groups excluding carboxylic acids is 2. The molecule has 1 N–H and O–H groups in total. The second kappa shape index (κ2) is 9.88. The third-order valence-electron chi connectivity index (χ3n) is 4.93. The zero-order valence-corrected chi connectivity index (χ0v) is 17.3. The highest BCUT2D eigenvalue weighted by atomic mass is 16.2. The number of nitrogens with one attached hydrogen (secondary N) is 1. The van der Waals surface area contributed by atoms with Crippen LogP contribution in [-0.4, -0.2) is 47.9 Å². The molecule has 0 radical (unpaired) electrons. The highest BCUT2D eigenvalue weighted by Gasteiger charge is 2.28. The number of hydrogen-bond acceptors (Lipinski definition) is 3. The van der Waals surface area contributed by atoms with Gasteiger partial charge in [0.25, 0.3) is 0 Å². The molecule has 1 fully saturated rings. The Labute approximate surface area is 164 Å². The highest BCUT2D eigenvalue weighted by Crippen LogP contribution is 2.27. The van der Waals surface area contributed by atoms with Crippen molar-refractivity contribution >= 4 is 17.5 Å². The van der Waals surface area contributed by atoms with Crippen LogP contribution in [0, 0.1) is 0 Å². The van der Waals surface area contributed by atoms with E-state index in [1.165, 1.54) is 19.3 Å². The van der Waals surface area contributed by atoms with Crippen LogP contribution >= 0.6 is 0 Å². The molecule has 150 valence electrons. The van der Waals surface area contributed by atoms with E-state index in [0.717, 1.165) is 18.5 Å². The van der Waals surface area contributed by atoms with Crippen LogP contribution in [0.4, 0.5) is 5.69 Å². The van der Waals surface area contributed by atoms with Gasteiger partial charge in [0.1, 0.15) is 0 Å². The minimum absolute atomic E-state index is 0.0407. The van der Waals surface area contributed by atoms with E-state index in [4.69, 9.17) is 0 Å². The molecule has 1 saturated carbocycles. The molecule has 1 aromatic rings. The van der Waals surface area contributed by atoms with E-state index >= 15 is 0 Å². The van der Waals surface area contributed by atoms with Crippen LogP contribution in [-0.2, 0) is 9.59 Å². The maximum Gasteiger partial charge on any atom is 0.241 e. The second-order valence-corrected chi connectivity index (χ2v) is 8.49. The summed E-state index contributed by atoms with van der Waals surface area (Å²) in [6, 6.07) is 10.2. The molecule has 5 nitrogen and oxygen atoms in total. The maximum atomic E-state index is 13.2. The minimum Gasteiger partial charge on any atom is -0.350 e. The number of carbonyl (C=O) groups is 2. The summed E-state index contributed by atoms with van der Waals surface area (Å²) in [4.78, 5) is 29.4. The molecule has 2 amide bonds. The maximum absolute atomic E-state index is 13.2. The Bertz CT molecular complexity index is 604. The number of para-hydroxylation sites is 1. The van der Waals surface area contributed by atoms with Gasteiger partial charge in [-0.05, 0) is 52.3 Å². The van der Waals surface area contributed by atoms with Crippen LogP contribution in [0.2, 0.25) is 0 Å². The van der Waals surface area contributed by atoms with Crippen molar-refractivity contribution in [3.63, 3.8) is 0 Å².